The average Bonchev–Trinajstić information content (AvgIpc) is 3.40. The van der Waals surface area contributed by atoms with Gasteiger partial charge in [-0.25, -0.2) is 19.3 Å². The smallest absolute Gasteiger partial charge is 0.289 e. The van der Waals surface area contributed by atoms with E-state index in [1.807, 2.05) is 0 Å². The molecular formula is C23H26FN7O2S. The number of rotatable bonds is 9. The van der Waals surface area contributed by atoms with Crippen molar-refractivity contribution in [1.29, 1.82) is 0 Å². The van der Waals surface area contributed by atoms with Crippen LogP contribution in [-0.4, -0.2) is 69.3 Å². The Hall–Kier alpha value is -3.44. The van der Waals surface area contributed by atoms with Gasteiger partial charge in [0.15, 0.2) is 4.96 Å². The number of thiazole rings is 1. The van der Waals surface area contributed by atoms with Gasteiger partial charge in [-0.3, -0.25) is 14.0 Å². The summed E-state index contributed by atoms with van der Waals surface area (Å²) in [5.74, 6) is -1.10. The lowest BCUT2D eigenvalue weighted by atomic mass is 10.1. The molecule has 0 unspecified atom stereocenters. The van der Waals surface area contributed by atoms with Crippen molar-refractivity contribution in [1.82, 2.24) is 34.9 Å². The molecule has 3 aromatic heterocycles. The first kappa shape index (κ1) is 23.7. The van der Waals surface area contributed by atoms with E-state index in [1.165, 1.54) is 30.5 Å². The molecule has 1 aromatic carbocycles. The summed E-state index contributed by atoms with van der Waals surface area (Å²) in [5, 5.41) is 5.34. The normalized spacial score (nSPS) is 11.4. The van der Waals surface area contributed by atoms with Crippen molar-refractivity contribution in [3.63, 3.8) is 0 Å². The van der Waals surface area contributed by atoms with Gasteiger partial charge in [-0.05, 0) is 44.3 Å². The average molecular weight is 484 g/mol. The van der Waals surface area contributed by atoms with Crippen molar-refractivity contribution in [3.05, 3.63) is 47.8 Å². The third-order valence-corrected chi connectivity index (χ3v) is 6.59. The predicted molar refractivity (Wildman–Crippen MR) is 130 cm³/mol. The SMILES string of the molecule is CCN(CC)CCCNC(=O)c1ncc2c(n1)sc1nc(-c3ccc(C(=O)NC)cc3F)cn12. The van der Waals surface area contributed by atoms with Crippen molar-refractivity contribution in [2.75, 3.05) is 33.2 Å². The van der Waals surface area contributed by atoms with Gasteiger partial charge in [0.1, 0.15) is 16.2 Å². The second kappa shape index (κ2) is 10.2. The van der Waals surface area contributed by atoms with Gasteiger partial charge in [0, 0.05) is 30.9 Å². The van der Waals surface area contributed by atoms with Crippen LogP contribution < -0.4 is 10.6 Å². The van der Waals surface area contributed by atoms with Crippen molar-refractivity contribution in [2.24, 2.45) is 0 Å². The Labute approximate surface area is 200 Å². The van der Waals surface area contributed by atoms with Crippen molar-refractivity contribution in [2.45, 2.75) is 20.3 Å². The summed E-state index contributed by atoms with van der Waals surface area (Å²) in [7, 11) is 1.49. The molecule has 178 valence electrons. The van der Waals surface area contributed by atoms with Crippen molar-refractivity contribution in [3.8, 4) is 11.3 Å². The minimum absolute atomic E-state index is 0.107. The van der Waals surface area contributed by atoms with Crippen LogP contribution in [0, 0.1) is 5.82 Å². The van der Waals surface area contributed by atoms with E-state index < -0.39 is 5.82 Å². The molecule has 9 nitrogen and oxygen atoms in total. The standard InChI is InChI=1S/C23H26FN7O2S/c1-4-30(5-2)10-6-9-26-21(33)19-27-12-18-22(29-19)34-23-28-17(13-31(18)23)15-8-7-14(11-16(15)24)20(32)25-3/h7-8,11-13H,4-6,9-10H2,1-3H3,(H,25,32)(H,26,33). The summed E-state index contributed by atoms with van der Waals surface area (Å²) >= 11 is 1.29. The zero-order valence-electron chi connectivity index (χ0n) is 19.3. The molecule has 0 atom stereocenters. The summed E-state index contributed by atoms with van der Waals surface area (Å²) in [5.41, 5.74) is 1.64. The number of imidazole rings is 1. The molecule has 0 saturated heterocycles. The van der Waals surface area contributed by atoms with Gasteiger partial charge in [-0.2, -0.15) is 0 Å². The number of nitrogens with zero attached hydrogens (tertiary/aromatic N) is 5. The Kier molecular flexibility index (Phi) is 7.13. The Morgan fingerprint density at radius 2 is 1.97 bits per heavy atom. The van der Waals surface area contributed by atoms with E-state index in [2.05, 4.69) is 44.3 Å². The highest BCUT2D eigenvalue weighted by atomic mass is 32.1. The number of hydrogen-bond donors (Lipinski definition) is 2. The summed E-state index contributed by atoms with van der Waals surface area (Å²) in [4.78, 5) is 40.8. The molecule has 34 heavy (non-hydrogen) atoms. The number of nitrogens with one attached hydrogen (secondary N) is 2. The van der Waals surface area contributed by atoms with Gasteiger partial charge in [0.2, 0.25) is 5.82 Å². The number of carbonyl (C=O) groups excluding carboxylic acids is 2. The zero-order chi connectivity index (χ0) is 24.2. The van der Waals surface area contributed by atoms with Crippen LogP contribution in [0.4, 0.5) is 4.39 Å². The van der Waals surface area contributed by atoms with Crippen molar-refractivity contribution < 1.29 is 14.0 Å². The molecule has 11 heteroatoms. The number of aromatic nitrogens is 4. The number of carbonyl (C=O) groups is 2. The molecule has 4 rings (SSSR count). The second-order valence-corrected chi connectivity index (χ2v) is 8.63. The van der Waals surface area contributed by atoms with Crippen LogP contribution in [0.15, 0.2) is 30.6 Å². The minimum atomic E-state index is -0.535. The largest absolute Gasteiger partial charge is 0.355 e. The molecule has 0 spiro atoms. The maximum Gasteiger partial charge on any atom is 0.289 e. The molecule has 0 aliphatic heterocycles. The highest BCUT2D eigenvalue weighted by molar-refractivity contribution is 7.23. The summed E-state index contributed by atoms with van der Waals surface area (Å²) in [6.45, 7) is 7.68. The molecular weight excluding hydrogens is 457 g/mol. The Bertz CT molecular complexity index is 1350. The predicted octanol–water partition coefficient (Wildman–Crippen LogP) is 2.97. The highest BCUT2D eigenvalue weighted by Gasteiger charge is 2.17. The minimum Gasteiger partial charge on any atom is -0.355 e. The second-order valence-electron chi connectivity index (χ2n) is 7.67. The van der Waals surface area contributed by atoms with E-state index >= 15 is 0 Å². The monoisotopic (exact) mass is 483 g/mol. The quantitative estimate of drug-likeness (QED) is 0.355. The van der Waals surface area contributed by atoms with Crippen LogP contribution in [0.2, 0.25) is 0 Å². The first-order valence-corrected chi connectivity index (χ1v) is 11.9. The molecule has 0 saturated carbocycles. The molecule has 3 heterocycles. The fourth-order valence-electron chi connectivity index (χ4n) is 3.67. The van der Waals surface area contributed by atoms with Gasteiger partial charge in [0.05, 0.1) is 11.9 Å². The third kappa shape index (κ3) is 4.75. The van der Waals surface area contributed by atoms with Gasteiger partial charge < -0.3 is 15.5 Å². The molecule has 2 amide bonds. The molecule has 0 aliphatic rings. The van der Waals surface area contributed by atoms with Crippen LogP contribution in [0.1, 0.15) is 41.2 Å². The first-order valence-electron chi connectivity index (χ1n) is 11.1. The molecule has 0 bridgehead atoms. The lowest BCUT2D eigenvalue weighted by Gasteiger charge is -2.17. The van der Waals surface area contributed by atoms with E-state index in [9.17, 15) is 14.0 Å². The topological polar surface area (TPSA) is 105 Å². The van der Waals surface area contributed by atoms with Crippen LogP contribution in [0.5, 0.6) is 0 Å². The highest BCUT2D eigenvalue weighted by Crippen LogP contribution is 2.29. The first-order chi connectivity index (χ1) is 16.4. The van der Waals surface area contributed by atoms with Crippen LogP contribution >= 0.6 is 11.3 Å². The summed E-state index contributed by atoms with van der Waals surface area (Å²) in [6, 6.07) is 4.28. The van der Waals surface area contributed by atoms with Gasteiger partial charge in [-0.1, -0.05) is 25.2 Å². The fraction of sp³-hybridized carbons (Fsp3) is 0.348. The number of benzene rings is 1. The van der Waals surface area contributed by atoms with Gasteiger partial charge in [0.25, 0.3) is 11.8 Å². The van der Waals surface area contributed by atoms with Crippen LogP contribution in [-0.2, 0) is 0 Å². The number of halogens is 1. The van der Waals surface area contributed by atoms with E-state index in [0.29, 0.717) is 33.1 Å². The number of amides is 2. The maximum absolute atomic E-state index is 14.6. The van der Waals surface area contributed by atoms with Crippen LogP contribution in [0.25, 0.3) is 26.6 Å². The van der Waals surface area contributed by atoms with E-state index in [0.717, 1.165) is 26.1 Å². The molecule has 4 aromatic rings. The van der Waals surface area contributed by atoms with Crippen molar-refractivity contribution >= 4 is 38.5 Å². The fourth-order valence-corrected chi connectivity index (χ4v) is 4.62. The molecule has 2 N–H and O–H groups in total. The van der Waals surface area contributed by atoms with Gasteiger partial charge in [-0.15, -0.1) is 0 Å². The molecule has 0 fully saturated rings. The number of hydrogen-bond acceptors (Lipinski definition) is 7. The summed E-state index contributed by atoms with van der Waals surface area (Å²) < 4.78 is 16.4. The van der Waals surface area contributed by atoms with E-state index in [4.69, 9.17) is 0 Å². The molecule has 0 aliphatic carbocycles. The third-order valence-electron chi connectivity index (χ3n) is 5.63. The lowest BCUT2D eigenvalue weighted by Crippen LogP contribution is -2.30. The Morgan fingerprint density at radius 3 is 2.68 bits per heavy atom. The maximum atomic E-state index is 14.6. The number of fused-ring (bicyclic) bond motifs is 3. The molecule has 0 radical (unpaired) electrons. The van der Waals surface area contributed by atoms with Gasteiger partial charge >= 0.3 is 0 Å². The summed E-state index contributed by atoms with van der Waals surface area (Å²) in [6.07, 6.45) is 4.13. The Balaban J connectivity index is 1.51. The lowest BCUT2D eigenvalue weighted by molar-refractivity contribution is 0.0939. The van der Waals surface area contributed by atoms with E-state index in [-0.39, 0.29) is 23.2 Å². The Morgan fingerprint density at radius 1 is 1.18 bits per heavy atom. The van der Waals surface area contributed by atoms with E-state index in [1.54, 1.807) is 22.9 Å². The van der Waals surface area contributed by atoms with Crippen LogP contribution in [0.3, 0.4) is 0 Å². The zero-order valence-corrected chi connectivity index (χ0v) is 20.1.